The molecule has 0 aliphatic rings. The lowest BCUT2D eigenvalue weighted by Crippen LogP contribution is -2.18. The summed E-state index contributed by atoms with van der Waals surface area (Å²) in [6.45, 7) is 0. The summed E-state index contributed by atoms with van der Waals surface area (Å²) in [5.41, 5.74) is 0.886. The van der Waals surface area contributed by atoms with E-state index in [9.17, 15) is 14.0 Å². The summed E-state index contributed by atoms with van der Waals surface area (Å²) < 4.78 is 18.5. The normalized spacial score (nSPS) is 10.5. The molecular formula is C18H13FN2O3. The molecule has 0 fully saturated rings. The van der Waals surface area contributed by atoms with Crippen LogP contribution in [-0.4, -0.2) is 21.5 Å². The smallest absolute Gasteiger partial charge is 0.266 e. The molecule has 3 aromatic rings. The molecule has 0 unspecified atom stereocenters. The number of nitrogens with zero attached hydrogens (tertiary/aromatic N) is 2. The quantitative estimate of drug-likeness (QED) is 0.515. The van der Waals surface area contributed by atoms with E-state index in [4.69, 9.17) is 4.42 Å². The van der Waals surface area contributed by atoms with E-state index < -0.39 is 11.6 Å². The van der Waals surface area contributed by atoms with Crippen LogP contribution in [0.5, 0.6) is 0 Å². The second-order valence-electron chi connectivity index (χ2n) is 5.17. The molecule has 3 rings (SSSR count). The number of rotatable bonds is 6. The second kappa shape index (κ2) is 6.95. The Hall–Kier alpha value is -3.15. The highest BCUT2D eigenvalue weighted by Gasteiger charge is 2.20. The van der Waals surface area contributed by atoms with Crippen molar-refractivity contribution in [3.05, 3.63) is 83.6 Å². The van der Waals surface area contributed by atoms with Gasteiger partial charge in [-0.25, -0.2) is 14.4 Å². The van der Waals surface area contributed by atoms with Gasteiger partial charge in [-0.15, -0.1) is 0 Å². The predicted octanol–water partition coefficient (Wildman–Crippen LogP) is 2.79. The second-order valence-corrected chi connectivity index (χ2v) is 5.17. The maximum absolute atomic E-state index is 12.9. The van der Waals surface area contributed by atoms with E-state index in [2.05, 4.69) is 9.97 Å². The SMILES string of the molecule is O=C(Cc1ccc(Cc2ccc(F)cc2)o1)C(=O)c1ncccn1. The van der Waals surface area contributed by atoms with Crippen LogP contribution in [0.1, 0.15) is 27.7 Å². The number of hydrogen-bond acceptors (Lipinski definition) is 5. The third-order valence-corrected chi connectivity index (χ3v) is 3.37. The van der Waals surface area contributed by atoms with Crippen LogP contribution < -0.4 is 0 Å². The molecule has 2 heterocycles. The molecule has 6 heteroatoms. The van der Waals surface area contributed by atoms with Crippen LogP contribution in [-0.2, 0) is 17.6 Å². The number of halogens is 1. The molecular weight excluding hydrogens is 311 g/mol. The van der Waals surface area contributed by atoms with E-state index in [1.165, 1.54) is 24.5 Å². The van der Waals surface area contributed by atoms with Crippen molar-refractivity contribution in [2.75, 3.05) is 0 Å². The van der Waals surface area contributed by atoms with Crippen LogP contribution >= 0.6 is 0 Å². The molecule has 0 saturated carbocycles. The molecule has 2 aromatic heterocycles. The van der Waals surface area contributed by atoms with Crippen molar-refractivity contribution in [2.45, 2.75) is 12.8 Å². The summed E-state index contributed by atoms with van der Waals surface area (Å²) in [6.07, 6.45) is 3.13. The van der Waals surface area contributed by atoms with E-state index in [1.807, 2.05) is 0 Å². The number of hydrogen-bond donors (Lipinski definition) is 0. The number of carbonyl (C=O) groups is 2. The molecule has 0 saturated heterocycles. The first-order chi connectivity index (χ1) is 11.6. The van der Waals surface area contributed by atoms with Gasteiger partial charge in [0.05, 0.1) is 6.42 Å². The van der Waals surface area contributed by atoms with Gasteiger partial charge in [0, 0.05) is 18.8 Å². The number of benzene rings is 1. The number of Topliss-reactive ketones (excluding diaryl/α,β-unsaturated/α-hetero) is 2. The van der Waals surface area contributed by atoms with Crippen molar-refractivity contribution in [3.63, 3.8) is 0 Å². The van der Waals surface area contributed by atoms with Crippen molar-refractivity contribution in [3.8, 4) is 0 Å². The Labute approximate surface area is 137 Å². The average molecular weight is 324 g/mol. The Morgan fingerprint density at radius 3 is 2.33 bits per heavy atom. The lowest BCUT2D eigenvalue weighted by molar-refractivity contribution is -0.114. The van der Waals surface area contributed by atoms with E-state index in [0.29, 0.717) is 17.9 Å². The Morgan fingerprint density at radius 2 is 1.62 bits per heavy atom. The molecule has 0 bridgehead atoms. The minimum atomic E-state index is -0.743. The predicted molar refractivity (Wildman–Crippen MR) is 83.0 cm³/mol. The van der Waals surface area contributed by atoms with Gasteiger partial charge in [-0.3, -0.25) is 9.59 Å². The molecule has 0 radical (unpaired) electrons. The van der Waals surface area contributed by atoms with E-state index >= 15 is 0 Å². The van der Waals surface area contributed by atoms with E-state index in [1.54, 1.807) is 30.3 Å². The molecule has 1 aromatic carbocycles. The molecule has 0 atom stereocenters. The largest absolute Gasteiger partial charge is 0.465 e. The van der Waals surface area contributed by atoms with E-state index in [0.717, 1.165) is 5.56 Å². The van der Waals surface area contributed by atoms with Gasteiger partial charge < -0.3 is 4.42 Å². The van der Waals surface area contributed by atoms with Crippen LogP contribution in [0.3, 0.4) is 0 Å². The Balaban J connectivity index is 1.64. The third-order valence-electron chi connectivity index (χ3n) is 3.37. The lowest BCUT2D eigenvalue weighted by atomic mass is 10.1. The van der Waals surface area contributed by atoms with Crippen LogP contribution in [0, 0.1) is 5.82 Å². The van der Waals surface area contributed by atoms with Gasteiger partial charge >= 0.3 is 0 Å². The Morgan fingerprint density at radius 1 is 0.958 bits per heavy atom. The van der Waals surface area contributed by atoms with Crippen molar-refractivity contribution in [1.29, 1.82) is 0 Å². The van der Waals surface area contributed by atoms with Gasteiger partial charge in [0.2, 0.25) is 11.6 Å². The van der Waals surface area contributed by atoms with Crippen molar-refractivity contribution in [1.82, 2.24) is 9.97 Å². The summed E-state index contributed by atoms with van der Waals surface area (Å²) in [5.74, 6) is -0.781. The fraction of sp³-hybridized carbons (Fsp3) is 0.111. The zero-order chi connectivity index (χ0) is 16.9. The first kappa shape index (κ1) is 15.7. The topological polar surface area (TPSA) is 73.1 Å². The molecule has 0 aliphatic heterocycles. The minimum absolute atomic E-state index is 0.124. The third kappa shape index (κ3) is 3.78. The number of carbonyl (C=O) groups excluding carboxylic acids is 2. The zero-order valence-electron chi connectivity index (χ0n) is 12.6. The lowest BCUT2D eigenvalue weighted by Gasteiger charge is -1.99. The number of furan rings is 1. The van der Waals surface area contributed by atoms with Crippen LogP contribution in [0.25, 0.3) is 0 Å². The van der Waals surface area contributed by atoms with Gasteiger partial charge in [-0.2, -0.15) is 0 Å². The highest BCUT2D eigenvalue weighted by Crippen LogP contribution is 2.15. The molecule has 0 aliphatic carbocycles. The highest BCUT2D eigenvalue weighted by atomic mass is 19.1. The highest BCUT2D eigenvalue weighted by molar-refractivity contribution is 6.42. The van der Waals surface area contributed by atoms with Crippen molar-refractivity contribution >= 4 is 11.6 Å². The molecule has 120 valence electrons. The fourth-order valence-electron chi connectivity index (χ4n) is 2.20. The van der Waals surface area contributed by atoms with Crippen molar-refractivity contribution in [2.24, 2.45) is 0 Å². The van der Waals surface area contributed by atoms with Crippen molar-refractivity contribution < 1.29 is 18.4 Å². The monoisotopic (exact) mass is 324 g/mol. The van der Waals surface area contributed by atoms with Gasteiger partial charge in [0.15, 0.2) is 0 Å². The van der Waals surface area contributed by atoms with Gasteiger partial charge in [-0.1, -0.05) is 12.1 Å². The Bertz CT molecular complexity index is 857. The molecule has 0 N–H and O–H groups in total. The minimum Gasteiger partial charge on any atom is -0.465 e. The van der Waals surface area contributed by atoms with Gasteiger partial charge in [0.25, 0.3) is 5.78 Å². The van der Waals surface area contributed by atoms with Gasteiger partial charge in [0.1, 0.15) is 17.3 Å². The van der Waals surface area contributed by atoms with E-state index in [-0.39, 0.29) is 18.1 Å². The summed E-state index contributed by atoms with van der Waals surface area (Å²) in [4.78, 5) is 31.4. The average Bonchev–Trinajstić information content (AvgIpc) is 3.04. The maximum Gasteiger partial charge on any atom is 0.266 e. The summed E-state index contributed by atoms with van der Waals surface area (Å²) >= 11 is 0. The summed E-state index contributed by atoms with van der Waals surface area (Å²) in [7, 11) is 0. The molecule has 0 spiro atoms. The number of ketones is 2. The fourth-order valence-corrected chi connectivity index (χ4v) is 2.20. The summed E-state index contributed by atoms with van der Waals surface area (Å²) in [5, 5.41) is 0. The van der Waals surface area contributed by atoms with Crippen LogP contribution in [0.15, 0.2) is 59.3 Å². The zero-order valence-corrected chi connectivity index (χ0v) is 12.6. The van der Waals surface area contributed by atoms with Crippen LogP contribution in [0.4, 0.5) is 4.39 Å². The maximum atomic E-state index is 12.9. The standard InChI is InChI=1S/C18H13FN2O3/c19-13-4-2-12(3-5-13)10-14-6-7-15(24-14)11-16(22)17(23)18-20-8-1-9-21-18/h1-9H,10-11H2. The first-order valence-electron chi connectivity index (χ1n) is 7.28. The Kier molecular flexibility index (Phi) is 4.56. The van der Waals surface area contributed by atoms with Crippen LogP contribution in [0.2, 0.25) is 0 Å². The first-order valence-corrected chi connectivity index (χ1v) is 7.28. The molecule has 24 heavy (non-hydrogen) atoms. The van der Waals surface area contributed by atoms with Gasteiger partial charge in [-0.05, 0) is 35.9 Å². The molecule has 5 nitrogen and oxygen atoms in total. The molecule has 0 amide bonds. The number of aromatic nitrogens is 2. The summed E-state index contributed by atoms with van der Waals surface area (Å²) in [6, 6.07) is 11.0.